The summed E-state index contributed by atoms with van der Waals surface area (Å²) in [6, 6.07) is 3.94. The summed E-state index contributed by atoms with van der Waals surface area (Å²) in [4.78, 5) is 32.1. The number of H-pyrrole nitrogens is 1. The summed E-state index contributed by atoms with van der Waals surface area (Å²) in [5.41, 5.74) is 6.57. The van der Waals surface area contributed by atoms with Gasteiger partial charge in [0.25, 0.3) is 5.91 Å². The van der Waals surface area contributed by atoms with Gasteiger partial charge in [0.05, 0.1) is 16.6 Å². The molecule has 0 unspecified atom stereocenters. The Morgan fingerprint density at radius 3 is 2.77 bits per heavy atom. The van der Waals surface area contributed by atoms with Gasteiger partial charge in [0.1, 0.15) is 6.07 Å². The Bertz CT molecular complexity index is 1150. The van der Waals surface area contributed by atoms with Crippen LogP contribution in [0.15, 0.2) is 23.5 Å². The van der Waals surface area contributed by atoms with Crippen molar-refractivity contribution in [3.8, 4) is 6.07 Å². The van der Waals surface area contributed by atoms with Crippen molar-refractivity contribution in [2.24, 2.45) is 5.41 Å². The molecule has 0 radical (unpaired) electrons. The standard InChI is InChI=1S/C22H25N7O2/c1-13(2)29-19-15(12-25-29)8-22(9-18(19)30)3-5-28(6-4-22)21(31)14-7-16-17(10-23)26-27-20(16)24-11-14/h7,11,13,25H,3-6,8-9,12H2,1-2H3,(H,24,26,27). The summed E-state index contributed by atoms with van der Waals surface area (Å²) in [6.07, 6.45) is 4.62. The van der Waals surface area contributed by atoms with Gasteiger partial charge in [-0.1, -0.05) is 0 Å². The predicted octanol–water partition coefficient (Wildman–Crippen LogP) is 1.90. The van der Waals surface area contributed by atoms with Crippen LogP contribution in [-0.2, 0) is 4.79 Å². The lowest BCUT2D eigenvalue weighted by Crippen LogP contribution is -2.46. The van der Waals surface area contributed by atoms with Crippen LogP contribution in [0.1, 0.15) is 55.6 Å². The average Bonchev–Trinajstić information content (AvgIpc) is 3.37. The average molecular weight is 419 g/mol. The third-order valence-corrected chi connectivity index (χ3v) is 6.82. The van der Waals surface area contributed by atoms with E-state index in [0.717, 1.165) is 31.5 Å². The number of pyridine rings is 1. The summed E-state index contributed by atoms with van der Waals surface area (Å²) in [5, 5.41) is 18.4. The molecule has 1 spiro atoms. The van der Waals surface area contributed by atoms with E-state index in [-0.39, 0.29) is 28.8 Å². The van der Waals surface area contributed by atoms with Crippen LogP contribution in [0.3, 0.4) is 0 Å². The molecular formula is C22H25N7O2. The van der Waals surface area contributed by atoms with Crippen molar-refractivity contribution in [1.82, 2.24) is 30.5 Å². The number of aromatic nitrogens is 3. The van der Waals surface area contributed by atoms with Crippen molar-refractivity contribution in [3.63, 3.8) is 0 Å². The van der Waals surface area contributed by atoms with Crippen LogP contribution in [-0.4, -0.2) is 62.5 Å². The Labute approximate surface area is 180 Å². The molecule has 0 bridgehead atoms. The van der Waals surface area contributed by atoms with Gasteiger partial charge < -0.3 is 9.91 Å². The van der Waals surface area contributed by atoms with Crippen LogP contribution in [0.5, 0.6) is 0 Å². The van der Waals surface area contributed by atoms with Crippen LogP contribution in [0.25, 0.3) is 11.0 Å². The molecule has 2 aromatic heterocycles. The Balaban J connectivity index is 1.31. The maximum Gasteiger partial charge on any atom is 0.255 e. The number of ketones is 1. The number of nitriles is 1. The molecule has 1 saturated heterocycles. The number of Topliss-reactive ketones (excluding diaryl/α,β-unsaturated/α-hetero) is 1. The normalized spacial score (nSPS) is 20.6. The Morgan fingerprint density at radius 1 is 1.29 bits per heavy atom. The molecule has 0 saturated carbocycles. The number of aromatic amines is 1. The van der Waals surface area contributed by atoms with Crippen molar-refractivity contribution >= 4 is 22.7 Å². The molecular weight excluding hydrogens is 394 g/mol. The molecule has 3 aliphatic rings. The van der Waals surface area contributed by atoms with E-state index < -0.39 is 0 Å². The summed E-state index contributed by atoms with van der Waals surface area (Å²) in [7, 11) is 0. The second-order valence-electron chi connectivity index (χ2n) is 9.12. The third kappa shape index (κ3) is 3.18. The zero-order valence-electron chi connectivity index (χ0n) is 17.7. The number of nitrogens with zero attached hydrogens (tertiary/aromatic N) is 5. The summed E-state index contributed by atoms with van der Waals surface area (Å²) in [6.45, 7) is 6.14. The molecule has 1 fully saturated rings. The molecule has 2 aromatic rings. The molecule has 1 aliphatic carbocycles. The topological polar surface area (TPSA) is 118 Å². The van der Waals surface area contributed by atoms with E-state index in [1.54, 1.807) is 6.07 Å². The first-order valence-corrected chi connectivity index (χ1v) is 10.7. The first kappa shape index (κ1) is 19.7. The van der Waals surface area contributed by atoms with Gasteiger partial charge in [-0.15, -0.1) is 0 Å². The quantitative estimate of drug-likeness (QED) is 0.763. The molecule has 1 amide bonds. The number of hydrazine groups is 1. The summed E-state index contributed by atoms with van der Waals surface area (Å²) in [5.74, 6) is 0.128. The number of hydrogen-bond acceptors (Lipinski definition) is 7. The SMILES string of the molecule is CC(C)N1NCC2=C1C(=O)CC1(CCN(C(=O)c3cnc4[nH]nc(C#N)c4c3)CC1)C2. The van der Waals surface area contributed by atoms with Crippen molar-refractivity contribution in [2.45, 2.75) is 45.6 Å². The fraction of sp³-hybridized carbons (Fsp3) is 0.500. The van der Waals surface area contributed by atoms with E-state index >= 15 is 0 Å². The monoisotopic (exact) mass is 419 g/mol. The number of fused-ring (bicyclic) bond motifs is 1. The van der Waals surface area contributed by atoms with Crippen molar-refractivity contribution in [2.75, 3.05) is 19.6 Å². The molecule has 0 aromatic carbocycles. The highest BCUT2D eigenvalue weighted by Gasteiger charge is 2.45. The zero-order valence-corrected chi connectivity index (χ0v) is 17.7. The minimum absolute atomic E-state index is 0.0535. The minimum atomic E-state index is -0.0927. The van der Waals surface area contributed by atoms with E-state index in [2.05, 4.69) is 34.5 Å². The number of piperidine rings is 1. The number of nitrogens with one attached hydrogen (secondary N) is 2. The lowest BCUT2D eigenvalue weighted by Gasteiger charge is -2.44. The molecule has 0 atom stereocenters. The van der Waals surface area contributed by atoms with Gasteiger partial charge in [0.2, 0.25) is 0 Å². The van der Waals surface area contributed by atoms with Gasteiger partial charge in [-0.3, -0.25) is 14.7 Å². The summed E-state index contributed by atoms with van der Waals surface area (Å²) < 4.78 is 0. The fourth-order valence-electron chi connectivity index (χ4n) is 5.20. The molecule has 160 valence electrons. The second kappa shape index (κ2) is 7.17. The number of amides is 1. The van der Waals surface area contributed by atoms with Crippen LogP contribution in [0.2, 0.25) is 0 Å². The molecule has 9 heteroatoms. The maximum absolute atomic E-state index is 13.1. The van der Waals surface area contributed by atoms with Crippen LogP contribution in [0, 0.1) is 16.7 Å². The van der Waals surface area contributed by atoms with Crippen molar-refractivity contribution in [3.05, 3.63) is 34.8 Å². The maximum atomic E-state index is 13.1. The summed E-state index contributed by atoms with van der Waals surface area (Å²) >= 11 is 0. The smallest absolute Gasteiger partial charge is 0.255 e. The molecule has 4 heterocycles. The number of carbonyl (C=O) groups excluding carboxylic acids is 2. The highest BCUT2D eigenvalue weighted by Crippen LogP contribution is 2.47. The van der Waals surface area contributed by atoms with E-state index in [0.29, 0.717) is 36.1 Å². The van der Waals surface area contributed by atoms with Gasteiger partial charge in [-0.2, -0.15) is 10.4 Å². The first-order chi connectivity index (χ1) is 14.9. The van der Waals surface area contributed by atoms with Gasteiger partial charge >= 0.3 is 0 Å². The molecule has 2 aliphatic heterocycles. The fourth-order valence-corrected chi connectivity index (χ4v) is 5.20. The van der Waals surface area contributed by atoms with Crippen molar-refractivity contribution < 1.29 is 9.59 Å². The van der Waals surface area contributed by atoms with Gasteiger partial charge in [0.15, 0.2) is 17.1 Å². The van der Waals surface area contributed by atoms with E-state index in [1.165, 1.54) is 11.8 Å². The van der Waals surface area contributed by atoms with Crippen LogP contribution in [0.4, 0.5) is 0 Å². The van der Waals surface area contributed by atoms with E-state index in [1.807, 2.05) is 16.0 Å². The number of carbonyl (C=O) groups is 2. The third-order valence-electron chi connectivity index (χ3n) is 6.82. The van der Waals surface area contributed by atoms with E-state index in [9.17, 15) is 14.9 Å². The largest absolute Gasteiger partial charge is 0.339 e. The molecule has 31 heavy (non-hydrogen) atoms. The number of likely N-dealkylation sites (tertiary alicyclic amines) is 1. The number of rotatable bonds is 2. The Morgan fingerprint density at radius 2 is 2.06 bits per heavy atom. The molecule has 5 rings (SSSR count). The van der Waals surface area contributed by atoms with Gasteiger partial charge in [0, 0.05) is 38.3 Å². The lowest BCUT2D eigenvalue weighted by atomic mass is 9.67. The zero-order chi connectivity index (χ0) is 21.8. The van der Waals surface area contributed by atoms with Gasteiger partial charge in [-0.25, -0.2) is 10.4 Å². The number of hydrogen-bond donors (Lipinski definition) is 2. The highest BCUT2D eigenvalue weighted by molar-refractivity contribution is 5.98. The predicted molar refractivity (Wildman–Crippen MR) is 112 cm³/mol. The van der Waals surface area contributed by atoms with E-state index in [4.69, 9.17) is 0 Å². The van der Waals surface area contributed by atoms with Crippen LogP contribution < -0.4 is 5.43 Å². The number of allylic oxidation sites excluding steroid dienone is 1. The minimum Gasteiger partial charge on any atom is -0.339 e. The van der Waals surface area contributed by atoms with Crippen molar-refractivity contribution in [1.29, 1.82) is 5.26 Å². The molecule has 2 N–H and O–H groups in total. The second-order valence-corrected chi connectivity index (χ2v) is 9.12. The Hall–Kier alpha value is -3.25. The van der Waals surface area contributed by atoms with Gasteiger partial charge in [-0.05, 0) is 50.2 Å². The lowest BCUT2D eigenvalue weighted by molar-refractivity contribution is -0.121. The van der Waals surface area contributed by atoms with Crippen LogP contribution >= 0.6 is 0 Å². The first-order valence-electron chi connectivity index (χ1n) is 10.7. The molecule has 9 nitrogen and oxygen atoms in total. The highest BCUT2D eigenvalue weighted by atomic mass is 16.2. The Kier molecular flexibility index (Phi) is 4.55.